The molecule has 2 aromatic heterocycles. The molecule has 2 aromatic rings. The van der Waals surface area contributed by atoms with Gasteiger partial charge in [-0.2, -0.15) is 0 Å². The van der Waals surface area contributed by atoms with E-state index in [9.17, 15) is 10.2 Å². The first-order valence-electron chi connectivity index (χ1n) is 5.83. The molecule has 0 amide bonds. The van der Waals surface area contributed by atoms with Crippen molar-refractivity contribution in [1.82, 2.24) is 19.5 Å². The molecule has 0 aliphatic carbocycles. The van der Waals surface area contributed by atoms with E-state index in [0.717, 1.165) is 0 Å². The summed E-state index contributed by atoms with van der Waals surface area (Å²) in [6, 6.07) is 0. The van der Waals surface area contributed by atoms with E-state index in [1.54, 1.807) is 0 Å². The number of fused-ring (bicyclic) bond motifs is 1. The molecule has 0 bridgehead atoms. The van der Waals surface area contributed by atoms with Gasteiger partial charge in [0.15, 0.2) is 29.1 Å². The maximum atomic E-state index is 10.2. The molecule has 1 aliphatic heterocycles. The van der Waals surface area contributed by atoms with Crippen LogP contribution in [0.25, 0.3) is 11.2 Å². The summed E-state index contributed by atoms with van der Waals surface area (Å²) in [7, 11) is 1.39. The molecule has 0 spiro atoms. The second-order valence-corrected chi connectivity index (χ2v) is 4.19. The van der Waals surface area contributed by atoms with Gasteiger partial charge in [-0.1, -0.05) is 0 Å². The zero-order valence-electron chi connectivity index (χ0n) is 10.6. The fraction of sp³-hybridized carbons (Fsp3) is 0.364. The lowest BCUT2D eigenvalue weighted by molar-refractivity contribution is -0.0138. The Bertz CT molecular complexity index is 683. The smallest absolute Gasteiger partial charge is 0.211 e. The number of hydrogen-bond donors (Lipinski definition) is 3. The van der Waals surface area contributed by atoms with Crippen LogP contribution in [0.4, 0.5) is 5.82 Å². The molecule has 3 heterocycles. The maximum absolute atomic E-state index is 10.2. The number of ether oxygens (including phenoxy) is 2. The van der Waals surface area contributed by atoms with Crippen molar-refractivity contribution in [2.45, 2.75) is 12.3 Å². The summed E-state index contributed by atoms with van der Waals surface area (Å²) >= 11 is 0. The molecule has 0 saturated carbocycles. The van der Waals surface area contributed by atoms with Crippen LogP contribution in [0.5, 0.6) is 0 Å². The Hall–Kier alpha value is -2.39. The number of rotatable bonds is 3. The van der Waals surface area contributed by atoms with Crippen molar-refractivity contribution < 1.29 is 19.7 Å². The SMILES string of the molecule is COC1=C(CO)O[C@@H](n2cnc3c(N)ncnc32)C1O. The first kappa shape index (κ1) is 12.6. The standard InChI is InChI=1S/C11H13N5O4/c1-19-8-5(2-17)20-11(7(8)18)16-4-15-6-9(12)13-3-14-10(6)16/h3-4,7,11,17-18H,2H2,1H3,(H2,12,13,14)/t7?,11-/m1/s1. The fourth-order valence-electron chi connectivity index (χ4n) is 2.18. The summed E-state index contributed by atoms with van der Waals surface area (Å²) in [6.45, 7) is -0.375. The molecular formula is C11H13N5O4. The fourth-order valence-corrected chi connectivity index (χ4v) is 2.18. The van der Waals surface area contributed by atoms with Crippen LogP contribution in [0.15, 0.2) is 24.2 Å². The van der Waals surface area contributed by atoms with Crippen LogP contribution in [0, 0.1) is 0 Å². The van der Waals surface area contributed by atoms with Gasteiger partial charge < -0.3 is 25.4 Å². The van der Waals surface area contributed by atoms with Gasteiger partial charge in [0, 0.05) is 0 Å². The van der Waals surface area contributed by atoms with Crippen LogP contribution in [-0.2, 0) is 9.47 Å². The van der Waals surface area contributed by atoms with Crippen molar-refractivity contribution in [3.05, 3.63) is 24.2 Å². The van der Waals surface area contributed by atoms with Gasteiger partial charge in [-0.3, -0.25) is 4.57 Å². The van der Waals surface area contributed by atoms with Crippen molar-refractivity contribution in [1.29, 1.82) is 0 Å². The molecule has 0 saturated heterocycles. The van der Waals surface area contributed by atoms with Crippen LogP contribution < -0.4 is 5.73 Å². The van der Waals surface area contributed by atoms with E-state index >= 15 is 0 Å². The summed E-state index contributed by atoms with van der Waals surface area (Å²) in [6.07, 6.45) is 0.841. The normalized spacial score (nSPS) is 22.4. The van der Waals surface area contributed by atoms with E-state index in [-0.39, 0.29) is 23.9 Å². The van der Waals surface area contributed by atoms with E-state index in [1.807, 2.05) is 0 Å². The topological polar surface area (TPSA) is 129 Å². The summed E-state index contributed by atoms with van der Waals surface area (Å²) in [5, 5.41) is 19.4. The molecule has 4 N–H and O–H groups in total. The number of aromatic nitrogens is 4. The van der Waals surface area contributed by atoms with Crippen molar-refractivity contribution in [3.63, 3.8) is 0 Å². The molecule has 3 rings (SSSR count). The highest BCUT2D eigenvalue weighted by molar-refractivity contribution is 5.81. The number of nitrogens with two attached hydrogens (primary N) is 1. The highest BCUT2D eigenvalue weighted by atomic mass is 16.6. The van der Waals surface area contributed by atoms with E-state index in [4.69, 9.17) is 15.2 Å². The van der Waals surface area contributed by atoms with Gasteiger partial charge in [-0.15, -0.1) is 0 Å². The molecule has 0 radical (unpaired) electrons. The second-order valence-electron chi connectivity index (χ2n) is 4.19. The van der Waals surface area contributed by atoms with Crippen LogP contribution in [-0.4, -0.2) is 49.6 Å². The third-order valence-corrected chi connectivity index (χ3v) is 3.10. The summed E-state index contributed by atoms with van der Waals surface area (Å²) in [4.78, 5) is 12.0. The molecule has 106 valence electrons. The van der Waals surface area contributed by atoms with Crippen molar-refractivity contribution in [3.8, 4) is 0 Å². The average Bonchev–Trinajstić information content (AvgIpc) is 3.00. The third kappa shape index (κ3) is 1.67. The van der Waals surface area contributed by atoms with E-state index in [2.05, 4.69) is 15.0 Å². The Balaban J connectivity index is 2.04. The Morgan fingerprint density at radius 1 is 1.45 bits per heavy atom. The first-order chi connectivity index (χ1) is 9.67. The number of methoxy groups -OCH3 is 1. The molecule has 2 atom stereocenters. The third-order valence-electron chi connectivity index (χ3n) is 3.10. The van der Waals surface area contributed by atoms with Gasteiger partial charge >= 0.3 is 0 Å². The average molecular weight is 279 g/mol. The van der Waals surface area contributed by atoms with Gasteiger partial charge in [0.25, 0.3) is 0 Å². The van der Waals surface area contributed by atoms with Crippen LogP contribution >= 0.6 is 0 Å². The predicted molar refractivity (Wildman–Crippen MR) is 67.0 cm³/mol. The zero-order valence-corrected chi connectivity index (χ0v) is 10.6. The largest absolute Gasteiger partial charge is 0.494 e. The van der Waals surface area contributed by atoms with Crippen molar-refractivity contribution >= 4 is 17.0 Å². The molecule has 1 unspecified atom stereocenters. The Kier molecular flexibility index (Phi) is 2.92. The number of hydrogen-bond acceptors (Lipinski definition) is 8. The lowest BCUT2D eigenvalue weighted by Crippen LogP contribution is -2.22. The number of anilines is 1. The second kappa shape index (κ2) is 4.62. The van der Waals surface area contributed by atoms with Crippen molar-refractivity contribution in [2.75, 3.05) is 19.5 Å². The van der Waals surface area contributed by atoms with Crippen LogP contribution in [0.1, 0.15) is 6.23 Å². The van der Waals surface area contributed by atoms with E-state index in [0.29, 0.717) is 11.2 Å². The monoisotopic (exact) mass is 279 g/mol. The van der Waals surface area contributed by atoms with Gasteiger partial charge in [0.05, 0.1) is 7.11 Å². The molecule has 9 nitrogen and oxygen atoms in total. The predicted octanol–water partition coefficient (Wildman–Crippen LogP) is -0.852. The quantitative estimate of drug-likeness (QED) is 0.662. The van der Waals surface area contributed by atoms with Crippen LogP contribution in [0.2, 0.25) is 0 Å². The lowest BCUT2D eigenvalue weighted by Gasteiger charge is -2.17. The molecular weight excluding hydrogens is 266 g/mol. The van der Waals surface area contributed by atoms with E-state index < -0.39 is 12.3 Å². The minimum absolute atomic E-state index is 0.175. The Labute approximate surface area is 113 Å². The van der Waals surface area contributed by atoms with Gasteiger partial charge in [-0.25, -0.2) is 15.0 Å². The first-order valence-corrected chi connectivity index (χ1v) is 5.83. The summed E-state index contributed by atoms with van der Waals surface area (Å²) in [5.74, 6) is 0.596. The number of aliphatic hydroxyl groups is 2. The minimum atomic E-state index is -1.07. The molecule has 9 heteroatoms. The van der Waals surface area contributed by atoms with Crippen LogP contribution in [0.3, 0.4) is 0 Å². The van der Waals surface area contributed by atoms with Gasteiger partial charge in [-0.05, 0) is 0 Å². The number of aliphatic hydroxyl groups excluding tert-OH is 2. The summed E-state index contributed by atoms with van der Waals surface area (Å²) in [5.41, 5.74) is 6.55. The minimum Gasteiger partial charge on any atom is -0.494 e. The molecule has 0 fully saturated rings. The highest BCUT2D eigenvalue weighted by Gasteiger charge is 2.38. The molecule has 0 aromatic carbocycles. The molecule has 1 aliphatic rings. The summed E-state index contributed by atoms with van der Waals surface area (Å²) < 4.78 is 12.1. The molecule has 20 heavy (non-hydrogen) atoms. The van der Waals surface area contributed by atoms with Crippen molar-refractivity contribution in [2.24, 2.45) is 0 Å². The Morgan fingerprint density at radius 3 is 2.90 bits per heavy atom. The van der Waals surface area contributed by atoms with Gasteiger partial charge in [0.2, 0.25) is 6.23 Å². The number of imidazole rings is 1. The van der Waals surface area contributed by atoms with Gasteiger partial charge in [0.1, 0.15) is 24.8 Å². The maximum Gasteiger partial charge on any atom is 0.211 e. The number of nitrogen functional groups attached to an aromatic ring is 1. The number of nitrogens with zero attached hydrogens (tertiary/aromatic N) is 4. The Morgan fingerprint density at radius 2 is 2.25 bits per heavy atom. The zero-order chi connectivity index (χ0) is 14.3. The van der Waals surface area contributed by atoms with E-state index in [1.165, 1.54) is 24.3 Å². The highest BCUT2D eigenvalue weighted by Crippen LogP contribution is 2.34. The lowest BCUT2D eigenvalue weighted by atomic mass is 10.2.